The quantitative estimate of drug-likeness (QED) is 0.697. The van der Waals surface area contributed by atoms with E-state index in [1.165, 1.54) is 0 Å². The van der Waals surface area contributed by atoms with Crippen molar-refractivity contribution in [2.24, 2.45) is 5.92 Å². The predicted octanol–water partition coefficient (Wildman–Crippen LogP) is 1.84. The van der Waals surface area contributed by atoms with Crippen molar-refractivity contribution in [1.29, 1.82) is 0 Å². The molecular formula is C10H20N2O. The molecule has 0 radical (unpaired) electrons. The van der Waals surface area contributed by atoms with Gasteiger partial charge < -0.3 is 10.2 Å². The van der Waals surface area contributed by atoms with Crippen molar-refractivity contribution in [1.82, 2.24) is 10.2 Å². The zero-order chi connectivity index (χ0) is 9.84. The maximum atomic E-state index is 11.6. The van der Waals surface area contributed by atoms with E-state index in [2.05, 4.69) is 19.2 Å². The predicted molar refractivity (Wildman–Crippen MR) is 53.6 cm³/mol. The van der Waals surface area contributed by atoms with Gasteiger partial charge in [0.15, 0.2) is 0 Å². The molecule has 76 valence electrons. The summed E-state index contributed by atoms with van der Waals surface area (Å²) in [6.07, 6.45) is 2.14. The number of urea groups is 1. The van der Waals surface area contributed by atoms with Gasteiger partial charge in [-0.2, -0.15) is 0 Å². The van der Waals surface area contributed by atoms with Crippen LogP contribution in [0.5, 0.6) is 0 Å². The highest BCUT2D eigenvalue weighted by molar-refractivity contribution is 5.74. The van der Waals surface area contributed by atoms with E-state index in [1.807, 2.05) is 11.8 Å². The minimum absolute atomic E-state index is 0.110. The number of hydrogen-bond acceptors (Lipinski definition) is 1. The Morgan fingerprint density at radius 2 is 2.38 bits per heavy atom. The number of hydrogen-bond donors (Lipinski definition) is 1. The number of carbonyl (C=O) groups excluding carboxylic acids is 1. The molecule has 1 rings (SSSR count). The molecule has 1 N–H and O–H groups in total. The average molecular weight is 184 g/mol. The Morgan fingerprint density at radius 1 is 1.69 bits per heavy atom. The van der Waals surface area contributed by atoms with Gasteiger partial charge in [0.05, 0.1) is 0 Å². The molecule has 1 heterocycles. The smallest absolute Gasteiger partial charge is 0.317 e. The number of rotatable bonds is 2. The number of likely N-dealkylation sites (tertiary alicyclic amines) is 1. The van der Waals surface area contributed by atoms with Crippen LogP contribution < -0.4 is 5.32 Å². The van der Waals surface area contributed by atoms with E-state index in [0.29, 0.717) is 12.0 Å². The van der Waals surface area contributed by atoms with Gasteiger partial charge in [0, 0.05) is 19.1 Å². The van der Waals surface area contributed by atoms with Crippen molar-refractivity contribution in [2.75, 3.05) is 13.1 Å². The fourth-order valence-corrected chi connectivity index (χ4v) is 1.52. The second kappa shape index (κ2) is 4.49. The van der Waals surface area contributed by atoms with Crippen LogP contribution in [0.25, 0.3) is 0 Å². The van der Waals surface area contributed by atoms with E-state index >= 15 is 0 Å². The fraction of sp³-hybridized carbons (Fsp3) is 0.900. The first-order valence-electron chi connectivity index (χ1n) is 5.19. The molecule has 1 saturated heterocycles. The first kappa shape index (κ1) is 10.4. The lowest BCUT2D eigenvalue weighted by atomic mass is 10.2. The number of nitrogens with one attached hydrogen (secondary N) is 1. The molecule has 1 aliphatic rings. The Labute approximate surface area is 80.5 Å². The van der Waals surface area contributed by atoms with Gasteiger partial charge in [-0.1, -0.05) is 13.8 Å². The van der Waals surface area contributed by atoms with Gasteiger partial charge in [0.2, 0.25) is 0 Å². The highest BCUT2D eigenvalue weighted by Gasteiger charge is 2.23. The fourth-order valence-electron chi connectivity index (χ4n) is 1.52. The molecule has 1 aliphatic heterocycles. The summed E-state index contributed by atoms with van der Waals surface area (Å²) in [5.74, 6) is 0.669. The highest BCUT2D eigenvalue weighted by Crippen LogP contribution is 2.14. The van der Waals surface area contributed by atoms with Crippen molar-refractivity contribution >= 4 is 6.03 Å². The van der Waals surface area contributed by atoms with Crippen LogP contribution in [0.1, 0.15) is 33.6 Å². The summed E-state index contributed by atoms with van der Waals surface area (Å²) in [7, 11) is 0. The zero-order valence-corrected chi connectivity index (χ0v) is 8.84. The van der Waals surface area contributed by atoms with Crippen LogP contribution in [0.15, 0.2) is 0 Å². The minimum atomic E-state index is 0.110. The molecule has 0 aliphatic carbocycles. The Bertz CT molecular complexity index is 182. The summed E-state index contributed by atoms with van der Waals surface area (Å²) in [5, 5.41) is 2.98. The molecule has 13 heavy (non-hydrogen) atoms. The summed E-state index contributed by atoms with van der Waals surface area (Å²) in [4.78, 5) is 13.5. The first-order chi connectivity index (χ1) is 6.13. The molecule has 2 amide bonds. The van der Waals surface area contributed by atoms with E-state index in [1.54, 1.807) is 0 Å². The van der Waals surface area contributed by atoms with Crippen molar-refractivity contribution < 1.29 is 4.79 Å². The molecule has 0 aromatic heterocycles. The van der Waals surface area contributed by atoms with Gasteiger partial charge in [-0.25, -0.2) is 4.79 Å². The van der Waals surface area contributed by atoms with Crippen LogP contribution in [-0.2, 0) is 0 Å². The second-order valence-electron chi connectivity index (χ2n) is 4.10. The number of nitrogens with zero attached hydrogens (tertiary/aromatic N) is 1. The summed E-state index contributed by atoms with van der Waals surface area (Å²) < 4.78 is 0. The second-order valence-corrected chi connectivity index (χ2v) is 4.10. The molecule has 2 unspecified atom stereocenters. The number of amides is 2. The summed E-state index contributed by atoms with van der Waals surface area (Å²) in [6.45, 7) is 8.15. The van der Waals surface area contributed by atoms with Gasteiger partial charge in [-0.05, 0) is 25.7 Å². The van der Waals surface area contributed by atoms with Crippen molar-refractivity contribution in [3.8, 4) is 0 Å². The van der Waals surface area contributed by atoms with Crippen LogP contribution in [-0.4, -0.2) is 30.1 Å². The molecule has 0 spiro atoms. The topological polar surface area (TPSA) is 32.3 Å². The minimum Gasteiger partial charge on any atom is -0.336 e. The maximum Gasteiger partial charge on any atom is 0.317 e. The van der Waals surface area contributed by atoms with Gasteiger partial charge in [-0.3, -0.25) is 0 Å². The van der Waals surface area contributed by atoms with Crippen LogP contribution >= 0.6 is 0 Å². The summed E-state index contributed by atoms with van der Waals surface area (Å²) in [5.41, 5.74) is 0. The van der Waals surface area contributed by atoms with Crippen LogP contribution in [0.2, 0.25) is 0 Å². The van der Waals surface area contributed by atoms with Crippen molar-refractivity contribution in [3.05, 3.63) is 0 Å². The van der Waals surface area contributed by atoms with E-state index < -0.39 is 0 Å². The van der Waals surface area contributed by atoms with Gasteiger partial charge in [0.1, 0.15) is 0 Å². The lowest BCUT2D eigenvalue weighted by Crippen LogP contribution is -2.42. The summed E-state index contributed by atoms with van der Waals surface area (Å²) in [6, 6.07) is 0.405. The van der Waals surface area contributed by atoms with Crippen LogP contribution in [0.4, 0.5) is 4.79 Å². The molecule has 1 fully saturated rings. The molecule has 0 aromatic rings. The lowest BCUT2D eigenvalue weighted by molar-refractivity contribution is 0.203. The normalized spacial score (nSPS) is 24.5. The van der Waals surface area contributed by atoms with E-state index in [-0.39, 0.29) is 6.03 Å². The molecule has 0 bridgehead atoms. The molecule has 0 aromatic carbocycles. The van der Waals surface area contributed by atoms with Gasteiger partial charge >= 0.3 is 6.03 Å². The molecule has 2 atom stereocenters. The van der Waals surface area contributed by atoms with E-state index in [0.717, 1.165) is 25.9 Å². The van der Waals surface area contributed by atoms with Crippen molar-refractivity contribution in [2.45, 2.75) is 39.7 Å². The lowest BCUT2D eigenvalue weighted by Gasteiger charge is -2.19. The van der Waals surface area contributed by atoms with E-state index in [4.69, 9.17) is 0 Å². The SMILES string of the molecule is CCC(C)NC(=O)N1CCC(C)C1. The maximum absolute atomic E-state index is 11.6. The summed E-state index contributed by atoms with van der Waals surface area (Å²) >= 11 is 0. The average Bonchev–Trinajstić information content (AvgIpc) is 2.51. The molecule has 3 heteroatoms. The Hall–Kier alpha value is -0.730. The third-order valence-electron chi connectivity index (χ3n) is 2.69. The van der Waals surface area contributed by atoms with Crippen LogP contribution in [0, 0.1) is 5.92 Å². The Morgan fingerprint density at radius 3 is 2.85 bits per heavy atom. The third-order valence-corrected chi connectivity index (χ3v) is 2.69. The van der Waals surface area contributed by atoms with Gasteiger partial charge in [0.25, 0.3) is 0 Å². The number of carbonyl (C=O) groups is 1. The monoisotopic (exact) mass is 184 g/mol. The molecular weight excluding hydrogens is 164 g/mol. The van der Waals surface area contributed by atoms with Crippen molar-refractivity contribution in [3.63, 3.8) is 0 Å². The Kier molecular flexibility index (Phi) is 3.58. The molecule has 0 saturated carbocycles. The van der Waals surface area contributed by atoms with E-state index in [9.17, 15) is 4.79 Å². The van der Waals surface area contributed by atoms with Gasteiger partial charge in [-0.15, -0.1) is 0 Å². The van der Waals surface area contributed by atoms with Crippen LogP contribution in [0.3, 0.4) is 0 Å². The largest absolute Gasteiger partial charge is 0.336 e. The zero-order valence-electron chi connectivity index (χ0n) is 8.84. The Balaban J connectivity index is 2.31. The molecule has 3 nitrogen and oxygen atoms in total. The standard InChI is InChI=1S/C10H20N2O/c1-4-9(3)11-10(13)12-6-5-8(2)7-12/h8-9H,4-7H2,1-3H3,(H,11,13). The first-order valence-corrected chi connectivity index (χ1v) is 5.19. The highest BCUT2D eigenvalue weighted by atomic mass is 16.2. The third kappa shape index (κ3) is 2.90.